The minimum absolute atomic E-state index is 0.206. The van der Waals surface area contributed by atoms with Gasteiger partial charge in [-0.15, -0.1) is 0 Å². The molecule has 4 heterocycles. The molecule has 5 rings (SSSR count). The fourth-order valence-corrected chi connectivity index (χ4v) is 3.62. The molecular formula is C19H15F2N5O4. The number of benzene rings is 1. The molecule has 30 heavy (non-hydrogen) atoms. The van der Waals surface area contributed by atoms with Gasteiger partial charge < -0.3 is 23.5 Å². The molecule has 0 aliphatic carbocycles. The number of methoxy groups -OCH3 is 1. The van der Waals surface area contributed by atoms with Crippen LogP contribution in [0.4, 0.5) is 8.78 Å². The van der Waals surface area contributed by atoms with E-state index in [0.29, 0.717) is 29.0 Å². The van der Waals surface area contributed by atoms with Crippen molar-refractivity contribution in [1.29, 1.82) is 0 Å². The molecule has 1 atom stereocenters. The molecule has 0 bridgehead atoms. The molecule has 4 aromatic rings. The number of alkyl halides is 2. The number of imidazole rings is 1. The van der Waals surface area contributed by atoms with Gasteiger partial charge in [0.25, 0.3) is 12.3 Å². The molecular weight excluding hydrogens is 400 g/mol. The number of carbonyl (C=O) groups is 1. The van der Waals surface area contributed by atoms with Gasteiger partial charge in [0.15, 0.2) is 23.7 Å². The number of amides is 1. The molecule has 11 heteroatoms. The number of oxazole rings is 2. The van der Waals surface area contributed by atoms with E-state index < -0.39 is 29.8 Å². The molecule has 3 aromatic heterocycles. The van der Waals surface area contributed by atoms with Crippen LogP contribution >= 0.6 is 0 Å². The Balaban J connectivity index is 1.61. The Kier molecular flexibility index (Phi) is 4.23. The maximum atomic E-state index is 13.3. The Morgan fingerprint density at radius 1 is 1.37 bits per heavy atom. The van der Waals surface area contributed by atoms with E-state index >= 15 is 0 Å². The van der Waals surface area contributed by atoms with Crippen molar-refractivity contribution in [1.82, 2.24) is 24.8 Å². The summed E-state index contributed by atoms with van der Waals surface area (Å²) in [5, 5.41) is 0. The van der Waals surface area contributed by atoms with Crippen molar-refractivity contribution in [2.24, 2.45) is 0 Å². The fourth-order valence-electron chi connectivity index (χ4n) is 3.62. The highest BCUT2D eigenvalue weighted by Crippen LogP contribution is 2.36. The van der Waals surface area contributed by atoms with Crippen LogP contribution in [0, 0.1) is 0 Å². The molecule has 0 fully saturated rings. The van der Waals surface area contributed by atoms with Crippen LogP contribution < -0.4 is 4.74 Å². The van der Waals surface area contributed by atoms with Gasteiger partial charge in [-0.05, 0) is 12.1 Å². The molecule has 1 aliphatic rings. The minimum atomic E-state index is -2.94. The molecule has 0 radical (unpaired) electrons. The first-order valence-corrected chi connectivity index (χ1v) is 9.06. The number of rotatable bonds is 4. The molecule has 0 saturated heterocycles. The van der Waals surface area contributed by atoms with Crippen LogP contribution in [0.25, 0.3) is 11.1 Å². The predicted molar refractivity (Wildman–Crippen MR) is 97.2 cm³/mol. The first-order chi connectivity index (χ1) is 14.6. The van der Waals surface area contributed by atoms with Crippen LogP contribution in [0.1, 0.15) is 46.0 Å². The van der Waals surface area contributed by atoms with Crippen molar-refractivity contribution in [3.05, 3.63) is 59.7 Å². The lowest BCUT2D eigenvalue weighted by molar-refractivity contribution is 0.0620. The van der Waals surface area contributed by atoms with E-state index in [2.05, 4.69) is 19.9 Å². The topological polar surface area (TPSA) is 110 Å². The van der Waals surface area contributed by atoms with Gasteiger partial charge >= 0.3 is 0 Å². The molecule has 9 nitrogen and oxygen atoms in total. The molecule has 154 valence electrons. The number of hydrogen-bond donors (Lipinski definition) is 1. The number of ether oxygens (including phenoxy) is 1. The van der Waals surface area contributed by atoms with E-state index in [9.17, 15) is 13.6 Å². The summed E-state index contributed by atoms with van der Waals surface area (Å²) in [7, 11) is 1.54. The average Bonchev–Trinajstić information content (AvgIpc) is 3.50. The second kappa shape index (κ2) is 6.94. The molecule has 1 N–H and O–H groups in total. The van der Waals surface area contributed by atoms with Crippen molar-refractivity contribution < 1.29 is 27.1 Å². The minimum Gasteiger partial charge on any atom is -0.497 e. The lowest BCUT2D eigenvalue weighted by Gasteiger charge is -2.32. The predicted octanol–water partition coefficient (Wildman–Crippen LogP) is 3.27. The number of nitrogens with one attached hydrogen (secondary N) is 1. The van der Waals surface area contributed by atoms with Crippen LogP contribution in [0.2, 0.25) is 0 Å². The molecule has 0 saturated carbocycles. The van der Waals surface area contributed by atoms with Crippen LogP contribution in [-0.2, 0) is 6.42 Å². The lowest BCUT2D eigenvalue weighted by atomic mass is 10.0. The van der Waals surface area contributed by atoms with Gasteiger partial charge in [0.1, 0.15) is 11.3 Å². The average molecular weight is 415 g/mol. The number of nitrogens with zero attached hydrogens (tertiary/aromatic N) is 4. The number of H-pyrrole nitrogens is 1. The number of aromatic amines is 1. The first-order valence-electron chi connectivity index (χ1n) is 9.06. The van der Waals surface area contributed by atoms with Crippen molar-refractivity contribution >= 4 is 17.0 Å². The van der Waals surface area contributed by atoms with E-state index in [-0.39, 0.29) is 12.4 Å². The van der Waals surface area contributed by atoms with Gasteiger partial charge in [0.2, 0.25) is 11.7 Å². The van der Waals surface area contributed by atoms with E-state index in [1.54, 1.807) is 18.2 Å². The zero-order chi connectivity index (χ0) is 20.8. The van der Waals surface area contributed by atoms with Crippen LogP contribution in [0.15, 0.2) is 39.8 Å². The maximum Gasteiger partial charge on any atom is 0.292 e. The quantitative estimate of drug-likeness (QED) is 0.545. The Morgan fingerprint density at radius 2 is 2.23 bits per heavy atom. The summed E-state index contributed by atoms with van der Waals surface area (Å²) in [4.78, 5) is 29.9. The molecule has 0 unspecified atom stereocenters. The summed E-state index contributed by atoms with van der Waals surface area (Å²) in [5.74, 6) is -0.437. The van der Waals surface area contributed by atoms with E-state index in [4.69, 9.17) is 13.6 Å². The van der Waals surface area contributed by atoms with Gasteiger partial charge in [-0.3, -0.25) is 4.79 Å². The van der Waals surface area contributed by atoms with E-state index in [1.165, 1.54) is 18.3 Å². The van der Waals surface area contributed by atoms with Gasteiger partial charge in [0.05, 0.1) is 19.1 Å². The second-order valence-corrected chi connectivity index (χ2v) is 6.67. The van der Waals surface area contributed by atoms with E-state index in [0.717, 1.165) is 12.1 Å². The summed E-state index contributed by atoms with van der Waals surface area (Å²) in [6, 6.07) is 4.32. The summed E-state index contributed by atoms with van der Waals surface area (Å²) < 4.78 is 42.6. The Labute approximate surface area is 167 Å². The molecule has 1 amide bonds. The van der Waals surface area contributed by atoms with Gasteiger partial charge in [-0.1, -0.05) is 0 Å². The van der Waals surface area contributed by atoms with Gasteiger partial charge in [-0.2, -0.15) is 0 Å². The van der Waals surface area contributed by atoms with Crippen LogP contribution in [0.3, 0.4) is 0 Å². The highest BCUT2D eigenvalue weighted by Gasteiger charge is 2.40. The van der Waals surface area contributed by atoms with Crippen molar-refractivity contribution in [3.63, 3.8) is 0 Å². The zero-order valence-corrected chi connectivity index (χ0v) is 15.6. The number of fused-ring (bicyclic) bond motifs is 2. The number of aromatic nitrogens is 4. The fraction of sp³-hybridized carbons (Fsp3) is 0.263. The van der Waals surface area contributed by atoms with Crippen molar-refractivity contribution in [2.45, 2.75) is 18.9 Å². The third kappa shape index (κ3) is 2.81. The largest absolute Gasteiger partial charge is 0.497 e. The third-order valence-electron chi connectivity index (χ3n) is 5.03. The standard InChI is InChI=1S/C19H15F2N5O4/c1-28-9-2-3-12-11(6-9)25-18(30-12)15-13-10(22-7-23-13)4-5-26(15)19(27)16-14(17(20)21)24-8-29-16/h2-3,6-8,15,17H,4-5H2,1H3,(H,22,23)/t15-/m0/s1. The van der Waals surface area contributed by atoms with Crippen molar-refractivity contribution in [3.8, 4) is 5.75 Å². The number of halogens is 2. The van der Waals surface area contributed by atoms with Crippen molar-refractivity contribution in [2.75, 3.05) is 13.7 Å². The smallest absolute Gasteiger partial charge is 0.292 e. The zero-order valence-electron chi connectivity index (χ0n) is 15.6. The Morgan fingerprint density at radius 3 is 3.03 bits per heavy atom. The SMILES string of the molecule is COc1ccc2oc([C@@H]3c4nc[nH]c4CCN3C(=O)c3ocnc3C(F)F)nc2c1. The molecule has 0 spiro atoms. The summed E-state index contributed by atoms with van der Waals surface area (Å²) in [6.45, 7) is 0.226. The first kappa shape index (κ1) is 18.3. The van der Waals surface area contributed by atoms with Crippen LogP contribution in [0.5, 0.6) is 5.75 Å². The normalized spacial score (nSPS) is 16.3. The monoisotopic (exact) mass is 415 g/mol. The summed E-state index contributed by atoms with van der Waals surface area (Å²) in [5.41, 5.74) is 1.68. The molecule has 1 aliphatic heterocycles. The highest BCUT2D eigenvalue weighted by atomic mass is 19.3. The Hall–Kier alpha value is -3.76. The maximum absolute atomic E-state index is 13.3. The summed E-state index contributed by atoms with van der Waals surface area (Å²) >= 11 is 0. The number of carbonyl (C=O) groups excluding carboxylic acids is 1. The molecule has 1 aromatic carbocycles. The van der Waals surface area contributed by atoms with Crippen LogP contribution in [-0.4, -0.2) is 44.4 Å². The Bertz CT molecular complexity index is 1230. The van der Waals surface area contributed by atoms with Gasteiger partial charge in [-0.25, -0.2) is 23.7 Å². The lowest BCUT2D eigenvalue weighted by Crippen LogP contribution is -2.41. The third-order valence-corrected chi connectivity index (χ3v) is 5.03. The summed E-state index contributed by atoms with van der Waals surface area (Å²) in [6.07, 6.45) is -0.136. The van der Waals surface area contributed by atoms with E-state index in [1.807, 2.05) is 0 Å². The second-order valence-electron chi connectivity index (χ2n) is 6.67. The number of hydrogen-bond acceptors (Lipinski definition) is 7. The highest BCUT2D eigenvalue weighted by molar-refractivity contribution is 5.93. The van der Waals surface area contributed by atoms with Gasteiger partial charge in [0, 0.05) is 24.7 Å².